The quantitative estimate of drug-likeness (QED) is 0.747. The number of benzene rings is 1. The molecule has 134 valence electrons. The summed E-state index contributed by atoms with van der Waals surface area (Å²) in [5, 5.41) is 11.1. The van der Waals surface area contributed by atoms with Gasteiger partial charge in [0.15, 0.2) is 0 Å². The number of hydrogen-bond donors (Lipinski definition) is 1. The Morgan fingerprint density at radius 2 is 1.96 bits per heavy atom. The first-order valence-corrected chi connectivity index (χ1v) is 8.24. The molecule has 0 aliphatic heterocycles. The molecule has 1 amide bonds. The molecule has 0 fully saturated rings. The number of carbonyl (C=O) groups is 1. The van der Waals surface area contributed by atoms with Crippen molar-refractivity contribution >= 4 is 5.91 Å². The number of amides is 1. The minimum absolute atomic E-state index is 0.110. The van der Waals surface area contributed by atoms with E-state index in [0.717, 1.165) is 22.5 Å². The topological polar surface area (TPSA) is 94.7 Å². The summed E-state index contributed by atoms with van der Waals surface area (Å²) in [4.78, 5) is 28.1. The molecular weight excluding hydrogens is 332 g/mol. The lowest BCUT2D eigenvalue weighted by Gasteiger charge is -2.15. The Hall–Kier alpha value is -3.29. The van der Waals surface area contributed by atoms with Crippen LogP contribution in [0.3, 0.4) is 0 Å². The summed E-state index contributed by atoms with van der Waals surface area (Å²) in [5.74, 6) is -0.268. The molecule has 0 bridgehead atoms. The van der Waals surface area contributed by atoms with E-state index in [0.29, 0.717) is 0 Å². The van der Waals surface area contributed by atoms with Crippen LogP contribution < -0.4 is 10.9 Å². The Kier molecular flexibility index (Phi) is 4.92. The summed E-state index contributed by atoms with van der Waals surface area (Å²) in [6.45, 7) is 5.40. The van der Waals surface area contributed by atoms with E-state index in [1.807, 2.05) is 45.0 Å². The molecule has 1 N–H and O–H groups in total. The van der Waals surface area contributed by atoms with Crippen LogP contribution in [0.4, 0.5) is 0 Å². The predicted molar refractivity (Wildman–Crippen MR) is 95.9 cm³/mol. The van der Waals surface area contributed by atoms with Gasteiger partial charge < -0.3 is 5.32 Å². The minimum Gasteiger partial charge on any atom is -0.348 e. The largest absolute Gasteiger partial charge is 0.348 e. The highest BCUT2D eigenvalue weighted by molar-refractivity contribution is 5.76. The number of aromatic nitrogens is 5. The lowest BCUT2D eigenvalue weighted by atomic mass is 10.1. The van der Waals surface area contributed by atoms with Crippen molar-refractivity contribution in [1.29, 1.82) is 0 Å². The molecule has 2 aromatic heterocycles. The van der Waals surface area contributed by atoms with Crippen molar-refractivity contribution in [1.82, 2.24) is 29.9 Å². The maximum atomic E-state index is 12.3. The summed E-state index contributed by atoms with van der Waals surface area (Å²) < 4.78 is 2.84. The van der Waals surface area contributed by atoms with Crippen molar-refractivity contribution in [2.24, 2.45) is 0 Å². The van der Waals surface area contributed by atoms with Crippen LogP contribution in [-0.4, -0.2) is 30.5 Å². The Morgan fingerprint density at radius 1 is 1.23 bits per heavy atom. The zero-order chi connectivity index (χ0) is 18.7. The zero-order valence-corrected chi connectivity index (χ0v) is 14.9. The predicted octanol–water partition coefficient (Wildman–Crippen LogP) is 1.32. The fourth-order valence-corrected chi connectivity index (χ4v) is 2.55. The van der Waals surface area contributed by atoms with Crippen LogP contribution in [0.15, 0.2) is 47.8 Å². The molecule has 1 atom stereocenters. The van der Waals surface area contributed by atoms with Crippen LogP contribution in [0.25, 0.3) is 5.69 Å². The Morgan fingerprint density at radius 3 is 2.62 bits per heavy atom. The van der Waals surface area contributed by atoms with Gasteiger partial charge in [0.05, 0.1) is 17.4 Å². The lowest BCUT2D eigenvalue weighted by molar-refractivity contribution is -0.122. The van der Waals surface area contributed by atoms with Gasteiger partial charge in [0, 0.05) is 6.07 Å². The molecule has 0 aliphatic rings. The highest BCUT2D eigenvalue weighted by Crippen LogP contribution is 2.15. The van der Waals surface area contributed by atoms with Gasteiger partial charge in [-0.2, -0.15) is 10.2 Å². The van der Waals surface area contributed by atoms with Crippen LogP contribution in [0.1, 0.15) is 29.8 Å². The molecule has 8 nitrogen and oxygen atoms in total. The zero-order valence-electron chi connectivity index (χ0n) is 14.9. The summed E-state index contributed by atoms with van der Waals surface area (Å²) in [7, 11) is 0. The van der Waals surface area contributed by atoms with Crippen LogP contribution in [-0.2, 0) is 11.3 Å². The third kappa shape index (κ3) is 3.85. The average molecular weight is 352 g/mol. The second-order valence-corrected chi connectivity index (χ2v) is 6.13. The second kappa shape index (κ2) is 7.30. The van der Waals surface area contributed by atoms with Crippen molar-refractivity contribution in [3.8, 4) is 5.69 Å². The minimum atomic E-state index is -0.284. The Labute approximate surface area is 150 Å². The number of carbonyl (C=O) groups excluding carboxylic acids is 1. The third-order valence-corrected chi connectivity index (χ3v) is 4.18. The number of nitrogens with zero attached hydrogens (tertiary/aromatic N) is 5. The Balaban J connectivity index is 1.66. The monoisotopic (exact) mass is 352 g/mol. The molecule has 3 rings (SSSR count). The van der Waals surface area contributed by atoms with E-state index in [9.17, 15) is 9.59 Å². The Bertz CT molecular complexity index is 960. The number of aryl methyl sites for hydroxylation is 2. The molecule has 1 aromatic carbocycles. The molecule has 0 saturated carbocycles. The van der Waals surface area contributed by atoms with E-state index in [4.69, 9.17) is 0 Å². The van der Waals surface area contributed by atoms with Gasteiger partial charge in [-0.15, -0.1) is 0 Å². The highest BCUT2D eigenvalue weighted by atomic mass is 16.2. The molecule has 26 heavy (non-hydrogen) atoms. The van der Waals surface area contributed by atoms with Gasteiger partial charge in [-0.3, -0.25) is 9.59 Å². The third-order valence-electron chi connectivity index (χ3n) is 4.18. The van der Waals surface area contributed by atoms with Crippen LogP contribution in [0.5, 0.6) is 0 Å². The average Bonchev–Trinajstić information content (AvgIpc) is 3.14. The maximum absolute atomic E-state index is 12.3. The SMILES string of the molecule is Cc1cc(=O)n(CC(=O)N[C@@H](C)c2ccc(-n3cncn3)cc2)nc1C. The molecule has 2 heterocycles. The molecule has 0 spiro atoms. The van der Waals surface area contributed by atoms with Crippen molar-refractivity contribution in [2.45, 2.75) is 33.4 Å². The van der Waals surface area contributed by atoms with Gasteiger partial charge in [-0.1, -0.05) is 12.1 Å². The first-order valence-electron chi connectivity index (χ1n) is 8.24. The highest BCUT2D eigenvalue weighted by Gasteiger charge is 2.12. The smallest absolute Gasteiger partial charge is 0.267 e. The van der Waals surface area contributed by atoms with Gasteiger partial charge in [-0.25, -0.2) is 14.3 Å². The number of rotatable bonds is 5. The van der Waals surface area contributed by atoms with E-state index in [1.54, 1.807) is 11.0 Å². The summed E-state index contributed by atoms with van der Waals surface area (Å²) >= 11 is 0. The summed E-state index contributed by atoms with van der Waals surface area (Å²) in [6.07, 6.45) is 3.09. The van der Waals surface area contributed by atoms with Gasteiger partial charge in [-0.05, 0) is 44.0 Å². The van der Waals surface area contributed by atoms with Gasteiger partial charge in [0.25, 0.3) is 5.56 Å². The standard InChI is InChI=1S/C18H20N6O2/c1-12-8-18(26)23(22-13(12)2)9-17(25)21-14(3)15-4-6-16(7-5-15)24-11-19-10-20-24/h4-8,10-11,14H,9H2,1-3H3,(H,21,25)/t14-/m0/s1. The van der Waals surface area contributed by atoms with Crippen molar-refractivity contribution < 1.29 is 4.79 Å². The fourth-order valence-electron chi connectivity index (χ4n) is 2.55. The number of hydrogen-bond acceptors (Lipinski definition) is 5. The van der Waals surface area contributed by atoms with E-state index in [1.165, 1.54) is 17.1 Å². The maximum Gasteiger partial charge on any atom is 0.267 e. The van der Waals surface area contributed by atoms with E-state index in [2.05, 4.69) is 20.5 Å². The fraction of sp³-hybridized carbons (Fsp3) is 0.278. The molecule has 0 saturated heterocycles. The molecule has 0 radical (unpaired) electrons. The first-order chi connectivity index (χ1) is 12.4. The van der Waals surface area contributed by atoms with Crippen molar-refractivity contribution in [3.05, 3.63) is 70.2 Å². The number of nitrogens with one attached hydrogen (secondary N) is 1. The van der Waals surface area contributed by atoms with E-state index >= 15 is 0 Å². The van der Waals surface area contributed by atoms with E-state index < -0.39 is 0 Å². The van der Waals surface area contributed by atoms with Crippen LogP contribution >= 0.6 is 0 Å². The van der Waals surface area contributed by atoms with Gasteiger partial charge >= 0.3 is 0 Å². The van der Waals surface area contributed by atoms with Crippen LogP contribution in [0, 0.1) is 13.8 Å². The lowest BCUT2D eigenvalue weighted by Crippen LogP contribution is -2.35. The normalized spacial score (nSPS) is 12.0. The van der Waals surface area contributed by atoms with Crippen molar-refractivity contribution in [3.63, 3.8) is 0 Å². The second-order valence-electron chi connectivity index (χ2n) is 6.13. The molecule has 0 unspecified atom stereocenters. The first kappa shape index (κ1) is 17.5. The van der Waals surface area contributed by atoms with Gasteiger partial charge in [0.1, 0.15) is 19.2 Å². The molecule has 8 heteroatoms. The van der Waals surface area contributed by atoms with E-state index in [-0.39, 0.29) is 24.1 Å². The van der Waals surface area contributed by atoms with Crippen LogP contribution in [0.2, 0.25) is 0 Å². The molecule has 3 aromatic rings. The molecule has 0 aliphatic carbocycles. The summed E-state index contributed by atoms with van der Waals surface area (Å²) in [6, 6.07) is 8.94. The summed E-state index contributed by atoms with van der Waals surface area (Å²) in [5.41, 5.74) is 3.09. The van der Waals surface area contributed by atoms with Gasteiger partial charge in [0.2, 0.25) is 5.91 Å². The van der Waals surface area contributed by atoms with Crippen molar-refractivity contribution in [2.75, 3.05) is 0 Å². The molecular formula is C18H20N6O2.